The third-order valence-electron chi connectivity index (χ3n) is 4.16. The van der Waals surface area contributed by atoms with Gasteiger partial charge in [0.2, 0.25) is 0 Å². The van der Waals surface area contributed by atoms with Crippen molar-refractivity contribution >= 4 is 39.9 Å². The van der Waals surface area contributed by atoms with Crippen LogP contribution in [-0.4, -0.2) is 20.1 Å². The second-order valence-corrected chi connectivity index (χ2v) is 6.74. The normalized spacial score (nSPS) is 12.1. The van der Waals surface area contributed by atoms with Crippen LogP contribution in [0, 0.1) is 0 Å². The second-order valence-electron chi connectivity index (χ2n) is 5.89. The predicted octanol–water partition coefficient (Wildman–Crippen LogP) is 5.24. The quantitative estimate of drug-likeness (QED) is 0.493. The van der Waals surface area contributed by atoms with E-state index >= 15 is 0 Å². The highest BCUT2D eigenvalue weighted by Gasteiger charge is 2.22. The van der Waals surface area contributed by atoms with Crippen LogP contribution in [0.5, 0.6) is 5.75 Å². The molecule has 0 spiro atoms. The third-order valence-corrected chi connectivity index (χ3v) is 4.66. The molecule has 0 amide bonds. The SMILES string of the molecule is Oc1c(C(Nc2ncc(Cl)cc2Cl)c2ccccn2)ccc2cccnc12. The Morgan fingerprint density at radius 1 is 0.926 bits per heavy atom. The molecule has 0 bridgehead atoms. The van der Waals surface area contributed by atoms with Gasteiger partial charge < -0.3 is 10.4 Å². The van der Waals surface area contributed by atoms with E-state index in [9.17, 15) is 5.11 Å². The van der Waals surface area contributed by atoms with Crippen LogP contribution in [0.1, 0.15) is 17.3 Å². The summed E-state index contributed by atoms with van der Waals surface area (Å²) >= 11 is 12.2. The molecule has 3 aromatic heterocycles. The number of halogens is 2. The monoisotopic (exact) mass is 396 g/mol. The van der Waals surface area contributed by atoms with Gasteiger partial charge in [-0.3, -0.25) is 9.97 Å². The Balaban J connectivity index is 1.85. The van der Waals surface area contributed by atoms with E-state index in [1.165, 1.54) is 6.20 Å². The first-order valence-electron chi connectivity index (χ1n) is 8.18. The minimum atomic E-state index is -0.483. The van der Waals surface area contributed by atoms with Crippen molar-refractivity contribution < 1.29 is 5.11 Å². The number of pyridine rings is 3. The molecule has 134 valence electrons. The van der Waals surface area contributed by atoms with Gasteiger partial charge in [-0.1, -0.05) is 47.5 Å². The van der Waals surface area contributed by atoms with Crippen LogP contribution in [0.3, 0.4) is 0 Å². The van der Waals surface area contributed by atoms with Crippen molar-refractivity contribution in [1.29, 1.82) is 0 Å². The maximum absolute atomic E-state index is 10.9. The lowest BCUT2D eigenvalue weighted by atomic mass is 9.99. The topological polar surface area (TPSA) is 70.9 Å². The van der Waals surface area contributed by atoms with Crippen LogP contribution in [0.2, 0.25) is 10.0 Å². The smallest absolute Gasteiger partial charge is 0.147 e. The highest BCUT2D eigenvalue weighted by Crippen LogP contribution is 2.36. The number of phenolic OH excluding ortho intramolecular Hbond substituents is 1. The summed E-state index contributed by atoms with van der Waals surface area (Å²) in [5.74, 6) is 0.526. The molecular formula is C20H14Cl2N4O. The van der Waals surface area contributed by atoms with Gasteiger partial charge in [0.15, 0.2) is 0 Å². The van der Waals surface area contributed by atoms with Crippen molar-refractivity contribution in [3.05, 3.63) is 88.4 Å². The number of nitrogens with one attached hydrogen (secondary N) is 1. The van der Waals surface area contributed by atoms with Gasteiger partial charge in [0.1, 0.15) is 17.1 Å². The molecule has 5 nitrogen and oxygen atoms in total. The van der Waals surface area contributed by atoms with Crippen LogP contribution in [0.15, 0.2) is 67.1 Å². The molecule has 0 aliphatic heterocycles. The van der Waals surface area contributed by atoms with E-state index in [0.29, 0.717) is 32.6 Å². The first-order chi connectivity index (χ1) is 13.1. The van der Waals surface area contributed by atoms with E-state index in [0.717, 1.165) is 5.39 Å². The number of fused-ring (bicyclic) bond motifs is 1. The van der Waals surface area contributed by atoms with E-state index in [-0.39, 0.29) is 5.75 Å². The molecular weight excluding hydrogens is 383 g/mol. The van der Waals surface area contributed by atoms with E-state index < -0.39 is 6.04 Å². The zero-order valence-corrected chi connectivity index (χ0v) is 15.5. The van der Waals surface area contributed by atoms with Crippen molar-refractivity contribution in [2.75, 3.05) is 5.32 Å². The number of aromatic nitrogens is 3. The highest BCUT2D eigenvalue weighted by molar-refractivity contribution is 6.35. The molecule has 1 aromatic carbocycles. The van der Waals surface area contributed by atoms with Crippen molar-refractivity contribution in [2.24, 2.45) is 0 Å². The second kappa shape index (κ2) is 7.39. The zero-order valence-electron chi connectivity index (χ0n) is 14.0. The predicted molar refractivity (Wildman–Crippen MR) is 107 cm³/mol. The maximum Gasteiger partial charge on any atom is 0.147 e. The van der Waals surface area contributed by atoms with Gasteiger partial charge >= 0.3 is 0 Å². The van der Waals surface area contributed by atoms with Gasteiger partial charge in [0.05, 0.1) is 21.8 Å². The highest BCUT2D eigenvalue weighted by atomic mass is 35.5. The summed E-state index contributed by atoms with van der Waals surface area (Å²) < 4.78 is 0. The molecule has 27 heavy (non-hydrogen) atoms. The number of hydrogen-bond acceptors (Lipinski definition) is 5. The minimum absolute atomic E-state index is 0.0846. The molecule has 3 heterocycles. The van der Waals surface area contributed by atoms with E-state index in [2.05, 4.69) is 20.3 Å². The lowest BCUT2D eigenvalue weighted by Crippen LogP contribution is -2.15. The molecule has 0 saturated carbocycles. The Morgan fingerprint density at radius 3 is 2.56 bits per heavy atom. The van der Waals surface area contributed by atoms with Crippen molar-refractivity contribution in [1.82, 2.24) is 15.0 Å². The number of anilines is 1. The summed E-state index contributed by atoms with van der Waals surface area (Å²) in [6.07, 6.45) is 4.84. The summed E-state index contributed by atoms with van der Waals surface area (Å²) in [5.41, 5.74) is 1.84. The van der Waals surface area contributed by atoms with Crippen molar-refractivity contribution in [3.63, 3.8) is 0 Å². The van der Waals surface area contributed by atoms with Crippen LogP contribution in [0.25, 0.3) is 10.9 Å². The number of nitrogens with zero attached hydrogens (tertiary/aromatic N) is 3. The molecule has 0 radical (unpaired) electrons. The first-order valence-corrected chi connectivity index (χ1v) is 8.94. The molecule has 1 atom stereocenters. The van der Waals surface area contributed by atoms with Crippen molar-refractivity contribution in [2.45, 2.75) is 6.04 Å². The van der Waals surface area contributed by atoms with Gasteiger partial charge in [0, 0.05) is 29.5 Å². The lowest BCUT2D eigenvalue weighted by molar-refractivity contribution is 0.471. The average molecular weight is 397 g/mol. The van der Waals surface area contributed by atoms with Crippen LogP contribution in [0.4, 0.5) is 5.82 Å². The lowest BCUT2D eigenvalue weighted by Gasteiger charge is -2.21. The van der Waals surface area contributed by atoms with E-state index in [1.54, 1.807) is 18.5 Å². The Bertz CT molecular complexity index is 1110. The molecule has 0 aliphatic rings. The van der Waals surface area contributed by atoms with Crippen LogP contribution in [-0.2, 0) is 0 Å². The van der Waals surface area contributed by atoms with Crippen molar-refractivity contribution in [3.8, 4) is 5.75 Å². The Labute approximate surface area is 165 Å². The van der Waals surface area contributed by atoms with E-state index in [1.807, 2.05) is 42.5 Å². The Morgan fingerprint density at radius 2 is 1.78 bits per heavy atom. The minimum Gasteiger partial charge on any atom is -0.505 e. The largest absolute Gasteiger partial charge is 0.505 e. The standard InChI is InChI=1S/C20H14Cl2N4O/c21-13-10-15(22)20(25-11-13)26-18(16-5-1-2-8-23-16)14-7-6-12-4-3-9-24-17(12)19(14)27/h1-11,18,27H,(H,25,26). The Hall–Kier alpha value is -2.89. The number of rotatable bonds is 4. The van der Waals surface area contributed by atoms with Crippen LogP contribution < -0.4 is 5.32 Å². The molecule has 0 aliphatic carbocycles. The zero-order chi connectivity index (χ0) is 18.8. The molecule has 0 fully saturated rings. The summed E-state index contributed by atoms with van der Waals surface area (Å²) in [5, 5.41) is 15.8. The van der Waals surface area contributed by atoms with Gasteiger partial charge in [-0.25, -0.2) is 4.98 Å². The molecule has 4 rings (SSSR count). The van der Waals surface area contributed by atoms with Gasteiger partial charge in [0.25, 0.3) is 0 Å². The van der Waals surface area contributed by atoms with E-state index in [4.69, 9.17) is 23.2 Å². The number of phenols is 1. The van der Waals surface area contributed by atoms with Gasteiger partial charge in [-0.15, -0.1) is 0 Å². The number of benzene rings is 1. The Kier molecular flexibility index (Phi) is 4.79. The molecule has 4 aromatic rings. The fourth-order valence-corrected chi connectivity index (χ4v) is 3.33. The first kappa shape index (κ1) is 17.5. The molecule has 7 heteroatoms. The third kappa shape index (κ3) is 3.52. The summed E-state index contributed by atoms with van der Waals surface area (Å²) in [7, 11) is 0. The van der Waals surface area contributed by atoms with Gasteiger partial charge in [-0.05, 0) is 24.3 Å². The molecule has 0 saturated heterocycles. The maximum atomic E-state index is 10.9. The van der Waals surface area contributed by atoms with Gasteiger partial charge in [-0.2, -0.15) is 0 Å². The fraction of sp³-hybridized carbons (Fsp3) is 0.0500. The fourth-order valence-electron chi connectivity index (χ4n) is 2.89. The molecule has 2 N–H and O–H groups in total. The summed E-state index contributed by atoms with van der Waals surface area (Å²) in [4.78, 5) is 13.0. The summed E-state index contributed by atoms with van der Waals surface area (Å²) in [6, 6.07) is 14.2. The summed E-state index contributed by atoms with van der Waals surface area (Å²) in [6.45, 7) is 0. The number of hydrogen-bond donors (Lipinski definition) is 2. The van der Waals surface area contributed by atoms with Crippen LogP contribution >= 0.6 is 23.2 Å². The molecule has 1 unspecified atom stereocenters. The number of aromatic hydroxyl groups is 1. The average Bonchev–Trinajstić information content (AvgIpc) is 2.69.